The Labute approximate surface area is 82.4 Å². The molecule has 1 atom stereocenters. The van der Waals surface area contributed by atoms with Crippen LogP contribution in [0, 0.1) is 28.6 Å². The largest absolute Gasteiger partial charge is 0.380 e. The maximum Gasteiger partial charge on any atom is 0.202 e. The summed E-state index contributed by atoms with van der Waals surface area (Å²) in [5.41, 5.74) is 0.685. The molecule has 0 saturated heterocycles. The lowest BCUT2D eigenvalue weighted by atomic mass is 9.96. The van der Waals surface area contributed by atoms with Crippen LogP contribution in [0.15, 0.2) is 29.5 Å². The Balaban J connectivity index is 2.62. The molecule has 0 saturated carbocycles. The van der Waals surface area contributed by atoms with E-state index in [1.165, 1.54) is 0 Å². The predicted molar refractivity (Wildman–Crippen MR) is 51.0 cm³/mol. The van der Waals surface area contributed by atoms with Crippen molar-refractivity contribution in [3.8, 4) is 12.1 Å². The van der Waals surface area contributed by atoms with Crippen LogP contribution >= 0.6 is 0 Å². The first-order chi connectivity index (χ1) is 6.88. The number of rotatable bonds is 3. The van der Waals surface area contributed by atoms with Gasteiger partial charge in [0.2, 0.25) is 6.61 Å². The van der Waals surface area contributed by atoms with Crippen LogP contribution in [-0.2, 0) is 4.84 Å². The van der Waals surface area contributed by atoms with E-state index in [0.29, 0.717) is 12.1 Å². The van der Waals surface area contributed by atoms with E-state index in [9.17, 15) is 0 Å². The summed E-state index contributed by atoms with van der Waals surface area (Å²) in [4.78, 5) is 4.73. The van der Waals surface area contributed by atoms with Crippen LogP contribution in [0.4, 0.5) is 0 Å². The summed E-state index contributed by atoms with van der Waals surface area (Å²) in [5.74, 6) is -0.0244. The molecule has 0 fully saturated rings. The molecule has 70 valence electrons. The first-order valence-corrected chi connectivity index (χ1v) is 4.17. The molecule has 0 amide bonds. The monoisotopic (exact) mass is 187 g/mol. The Kier molecular flexibility index (Phi) is 3.97. The molecule has 0 aliphatic heterocycles. The van der Waals surface area contributed by atoms with E-state index in [1.54, 1.807) is 6.08 Å². The smallest absolute Gasteiger partial charge is 0.202 e. The molecule has 0 aromatic rings. The normalized spacial score (nSPS) is 21.6. The first-order valence-electron chi connectivity index (χ1n) is 4.17. The van der Waals surface area contributed by atoms with Gasteiger partial charge in [-0.05, 0) is 6.08 Å². The standard InChI is InChI=1S/C10H9N3O/c11-6-5-9-3-1-2-4-10(9)13-14-8-7-12/h1-4,9H,5,8H2/b13-10-. The number of hydrogen-bond donors (Lipinski definition) is 0. The maximum atomic E-state index is 8.55. The van der Waals surface area contributed by atoms with Crippen LogP contribution in [0.1, 0.15) is 6.42 Å². The third kappa shape index (κ3) is 2.76. The lowest BCUT2D eigenvalue weighted by Crippen LogP contribution is -2.12. The van der Waals surface area contributed by atoms with E-state index in [-0.39, 0.29) is 12.5 Å². The fraction of sp³-hybridized carbons (Fsp3) is 0.300. The average Bonchev–Trinajstić information content (AvgIpc) is 2.21. The summed E-state index contributed by atoms with van der Waals surface area (Å²) < 4.78 is 0. The second kappa shape index (κ2) is 5.55. The first kappa shape index (κ1) is 10.0. The molecular formula is C10H9N3O. The van der Waals surface area contributed by atoms with Crippen molar-refractivity contribution in [2.75, 3.05) is 6.61 Å². The van der Waals surface area contributed by atoms with Crippen LogP contribution < -0.4 is 0 Å². The van der Waals surface area contributed by atoms with Crippen molar-refractivity contribution in [1.29, 1.82) is 10.5 Å². The van der Waals surface area contributed by atoms with Crippen molar-refractivity contribution in [3.63, 3.8) is 0 Å². The second-order valence-electron chi connectivity index (χ2n) is 2.66. The summed E-state index contributed by atoms with van der Waals surface area (Å²) in [7, 11) is 0. The van der Waals surface area contributed by atoms with Crippen molar-refractivity contribution in [1.82, 2.24) is 0 Å². The van der Waals surface area contributed by atoms with Gasteiger partial charge in [-0.3, -0.25) is 0 Å². The molecular weight excluding hydrogens is 178 g/mol. The molecule has 1 aliphatic rings. The van der Waals surface area contributed by atoms with Crippen LogP contribution in [0.5, 0.6) is 0 Å². The molecule has 0 spiro atoms. The highest BCUT2D eigenvalue weighted by molar-refractivity contribution is 5.99. The Morgan fingerprint density at radius 1 is 1.36 bits per heavy atom. The highest BCUT2D eigenvalue weighted by Crippen LogP contribution is 2.13. The third-order valence-electron chi connectivity index (χ3n) is 1.71. The zero-order chi connectivity index (χ0) is 10.2. The molecule has 1 unspecified atom stereocenters. The van der Waals surface area contributed by atoms with Gasteiger partial charge >= 0.3 is 0 Å². The van der Waals surface area contributed by atoms with E-state index in [1.807, 2.05) is 24.3 Å². The van der Waals surface area contributed by atoms with Crippen LogP contribution in [0.2, 0.25) is 0 Å². The zero-order valence-electron chi connectivity index (χ0n) is 7.55. The predicted octanol–water partition coefficient (Wildman–Crippen LogP) is 1.54. The SMILES string of the molecule is N#CCO/N=C1/C=CC=CC1CC#N. The number of nitrogens with zero attached hydrogens (tertiary/aromatic N) is 3. The fourth-order valence-corrected chi connectivity index (χ4v) is 1.08. The number of oxime groups is 1. The molecule has 0 aromatic carbocycles. The second-order valence-corrected chi connectivity index (χ2v) is 2.66. The fourth-order valence-electron chi connectivity index (χ4n) is 1.08. The summed E-state index contributed by atoms with van der Waals surface area (Å²) in [6.45, 7) is -0.0691. The van der Waals surface area contributed by atoms with Crippen LogP contribution in [0.25, 0.3) is 0 Å². The molecule has 0 N–H and O–H groups in total. The minimum atomic E-state index is -0.0691. The van der Waals surface area contributed by atoms with E-state index >= 15 is 0 Å². The molecule has 0 aromatic heterocycles. The lowest BCUT2D eigenvalue weighted by molar-refractivity contribution is 0.177. The van der Waals surface area contributed by atoms with E-state index in [2.05, 4.69) is 11.2 Å². The van der Waals surface area contributed by atoms with Crippen molar-refractivity contribution < 1.29 is 4.84 Å². The van der Waals surface area contributed by atoms with Gasteiger partial charge < -0.3 is 4.84 Å². The molecule has 0 bridgehead atoms. The Hall–Kier alpha value is -2.07. The van der Waals surface area contributed by atoms with Crippen LogP contribution in [0.3, 0.4) is 0 Å². The van der Waals surface area contributed by atoms with Gasteiger partial charge in [-0.15, -0.1) is 0 Å². The number of hydrogen-bond acceptors (Lipinski definition) is 4. The topological polar surface area (TPSA) is 69.2 Å². The molecule has 1 aliphatic carbocycles. The number of allylic oxidation sites excluding steroid dienone is 4. The maximum absolute atomic E-state index is 8.55. The minimum Gasteiger partial charge on any atom is -0.380 e. The van der Waals surface area contributed by atoms with Crippen molar-refractivity contribution >= 4 is 5.71 Å². The van der Waals surface area contributed by atoms with Gasteiger partial charge in [0, 0.05) is 12.3 Å². The molecule has 4 heteroatoms. The van der Waals surface area contributed by atoms with Gasteiger partial charge in [-0.25, -0.2) is 0 Å². The van der Waals surface area contributed by atoms with E-state index in [4.69, 9.17) is 15.4 Å². The van der Waals surface area contributed by atoms with Crippen molar-refractivity contribution in [2.45, 2.75) is 6.42 Å². The summed E-state index contributed by atoms with van der Waals surface area (Å²) >= 11 is 0. The zero-order valence-corrected chi connectivity index (χ0v) is 7.55. The van der Waals surface area contributed by atoms with Gasteiger partial charge in [0.05, 0.1) is 11.8 Å². The van der Waals surface area contributed by atoms with E-state index in [0.717, 1.165) is 0 Å². The minimum absolute atomic E-state index is 0.0244. The molecule has 14 heavy (non-hydrogen) atoms. The molecule has 0 heterocycles. The lowest BCUT2D eigenvalue weighted by Gasteiger charge is -2.10. The van der Waals surface area contributed by atoms with Gasteiger partial charge in [-0.1, -0.05) is 23.4 Å². The summed E-state index contributed by atoms with van der Waals surface area (Å²) in [6.07, 6.45) is 7.72. The molecule has 1 rings (SSSR count). The van der Waals surface area contributed by atoms with Gasteiger partial charge in [-0.2, -0.15) is 10.5 Å². The van der Waals surface area contributed by atoms with Crippen molar-refractivity contribution in [2.24, 2.45) is 11.1 Å². The van der Waals surface area contributed by atoms with E-state index < -0.39 is 0 Å². The number of nitriles is 2. The summed E-state index contributed by atoms with van der Waals surface area (Å²) in [5, 5.41) is 20.6. The van der Waals surface area contributed by atoms with Crippen LogP contribution in [-0.4, -0.2) is 12.3 Å². The highest BCUT2D eigenvalue weighted by atomic mass is 16.6. The Bertz CT molecular complexity index is 355. The van der Waals surface area contributed by atoms with Crippen molar-refractivity contribution in [3.05, 3.63) is 24.3 Å². The molecule has 0 radical (unpaired) electrons. The van der Waals surface area contributed by atoms with Gasteiger partial charge in [0.1, 0.15) is 6.07 Å². The highest BCUT2D eigenvalue weighted by Gasteiger charge is 2.12. The Morgan fingerprint density at radius 2 is 2.21 bits per heavy atom. The Morgan fingerprint density at radius 3 is 2.93 bits per heavy atom. The quantitative estimate of drug-likeness (QED) is 0.497. The van der Waals surface area contributed by atoms with Gasteiger partial charge in [0.25, 0.3) is 0 Å². The molecule has 4 nitrogen and oxygen atoms in total. The third-order valence-corrected chi connectivity index (χ3v) is 1.71. The summed E-state index contributed by atoms with van der Waals surface area (Å²) in [6, 6.07) is 3.89. The van der Waals surface area contributed by atoms with Gasteiger partial charge in [0.15, 0.2) is 0 Å². The average molecular weight is 187 g/mol.